The molecule has 0 radical (unpaired) electrons. The van der Waals surface area contributed by atoms with Crippen molar-refractivity contribution in [2.24, 2.45) is 0 Å². The first-order valence-electron chi connectivity index (χ1n) is 7.89. The van der Waals surface area contributed by atoms with Crippen molar-refractivity contribution in [2.75, 3.05) is 18.9 Å². The Morgan fingerprint density at radius 3 is 2.32 bits per heavy atom. The van der Waals surface area contributed by atoms with Crippen molar-refractivity contribution in [2.45, 2.75) is 24.0 Å². The van der Waals surface area contributed by atoms with Crippen molar-refractivity contribution in [1.82, 2.24) is 4.90 Å². The number of amides is 2. The highest BCUT2D eigenvalue weighted by Crippen LogP contribution is 2.25. The first-order chi connectivity index (χ1) is 11.8. The van der Waals surface area contributed by atoms with E-state index >= 15 is 0 Å². The summed E-state index contributed by atoms with van der Waals surface area (Å²) in [6.07, 6.45) is 0. The first kappa shape index (κ1) is 19.3. The second-order valence-electron chi connectivity index (χ2n) is 5.82. The van der Waals surface area contributed by atoms with Gasteiger partial charge in [-0.3, -0.25) is 9.59 Å². The fraction of sp³-hybridized carbons (Fsp3) is 0.263. The normalized spacial score (nSPS) is 11.7. The topological polar surface area (TPSA) is 49.4 Å². The van der Waals surface area contributed by atoms with Crippen molar-refractivity contribution < 1.29 is 9.59 Å². The van der Waals surface area contributed by atoms with Gasteiger partial charge in [-0.15, -0.1) is 11.8 Å². The monoisotopic (exact) mass is 376 g/mol. The second-order valence-corrected chi connectivity index (χ2v) is 7.67. The molecule has 25 heavy (non-hydrogen) atoms. The Bertz CT molecular complexity index is 732. The predicted octanol–water partition coefficient (Wildman–Crippen LogP) is 4.23. The number of anilines is 1. The summed E-state index contributed by atoms with van der Waals surface area (Å²) in [7, 11) is 1.63. The zero-order valence-electron chi connectivity index (χ0n) is 14.5. The molecule has 0 bridgehead atoms. The summed E-state index contributed by atoms with van der Waals surface area (Å²) < 4.78 is 0. The van der Waals surface area contributed by atoms with Crippen LogP contribution in [0.15, 0.2) is 53.4 Å². The van der Waals surface area contributed by atoms with E-state index in [0.717, 1.165) is 16.1 Å². The lowest BCUT2D eigenvalue weighted by Crippen LogP contribution is -2.38. The number of nitrogens with one attached hydrogen (secondary N) is 1. The van der Waals surface area contributed by atoms with Crippen molar-refractivity contribution in [1.29, 1.82) is 0 Å². The number of likely N-dealkylation sites (N-methyl/N-ethyl adjacent to an activating group) is 1. The molecule has 2 aromatic carbocycles. The summed E-state index contributed by atoms with van der Waals surface area (Å²) in [6.45, 7) is 3.83. The zero-order valence-corrected chi connectivity index (χ0v) is 16.0. The molecule has 1 N–H and O–H groups in total. The molecule has 0 saturated heterocycles. The van der Waals surface area contributed by atoms with E-state index in [1.54, 1.807) is 19.2 Å². The van der Waals surface area contributed by atoms with Crippen molar-refractivity contribution >= 4 is 40.9 Å². The van der Waals surface area contributed by atoms with Crippen LogP contribution in [-0.2, 0) is 9.59 Å². The van der Waals surface area contributed by atoms with Crippen LogP contribution in [0, 0.1) is 6.92 Å². The van der Waals surface area contributed by atoms with E-state index in [0.29, 0.717) is 5.02 Å². The molecule has 132 valence electrons. The van der Waals surface area contributed by atoms with Gasteiger partial charge in [0.25, 0.3) is 0 Å². The van der Waals surface area contributed by atoms with Gasteiger partial charge in [-0.05, 0) is 50.2 Å². The molecule has 2 rings (SSSR count). The van der Waals surface area contributed by atoms with Crippen LogP contribution in [0.5, 0.6) is 0 Å². The van der Waals surface area contributed by atoms with Crippen LogP contribution >= 0.6 is 23.4 Å². The van der Waals surface area contributed by atoms with Crippen LogP contribution in [-0.4, -0.2) is 35.6 Å². The Kier molecular flexibility index (Phi) is 6.91. The van der Waals surface area contributed by atoms with Crippen molar-refractivity contribution in [3.05, 3.63) is 59.1 Å². The molecule has 0 spiro atoms. The van der Waals surface area contributed by atoms with E-state index in [1.807, 2.05) is 50.2 Å². The molecule has 1 atom stereocenters. The van der Waals surface area contributed by atoms with Crippen molar-refractivity contribution in [3.8, 4) is 0 Å². The van der Waals surface area contributed by atoms with Gasteiger partial charge in [-0.2, -0.15) is 0 Å². The summed E-state index contributed by atoms with van der Waals surface area (Å²) in [5.41, 5.74) is 1.85. The molecule has 0 aromatic heterocycles. The van der Waals surface area contributed by atoms with Crippen LogP contribution in [0.25, 0.3) is 0 Å². The molecule has 0 aliphatic carbocycles. The third kappa shape index (κ3) is 6.11. The number of nitrogens with zero attached hydrogens (tertiary/aromatic N) is 1. The van der Waals surface area contributed by atoms with E-state index in [2.05, 4.69) is 5.32 Å². The van der Waals surface area contributed by atoms with Gasteiger partial charge < -0.3 is 10.2 Å². The van der Waals surface area contributed by atoms with Gasteiger partial charge in [0.05, 0.1) is 11.8 Å². The number of thioether (sulfide) groups is 1. The Hall–Kier alpha value is -1.98. The average Bonchev–Trinajstić information content (AvgIpc) is 2.58. The SMILES string of the molecule is Cc1ccc(NC(=O)CN(C)C(=O)C(C)Sc2ccc(Cl)cc2)cc1. The Morgan fingerprint density at radius 1 is 1.12 bits per heavy atom. The Morgan fingerprint density at radius 2 is 1.72 bits per heavy atom. The third-order valence-corrected chi connectivity index (χ3v) is 4.92. The molecular weight excluding hydrogens is 356 g/mol. The molecule has 0 aliphatic heterocycles. The molecule has 1 unspecified atom stereocenters. The van der Waals surface area contributed by atoms with Gasteiger partial charge >= 0.3 is 0 Å². The standard InChI is InChI=1S/C19H21ClN2O2S/c1-13-4-8-16(9-5-13)21-18(23)12-22(3)19(24)14(2)25-17-10-6-15(20)7-11-17/h4-11,14H,12H2,1-3H3,(H,21,23). The van der Waals surface area contributed by atoms with Crippen molar-refractivity contribution in [3.63, 3.8) is 0 Å². The number of carbonyl (C=O) groups excluding carboxylic acids is 2. The molecule has 0 fully saturated rings. The average molecular weight is 377 g/mol. The number of aryl methyl sites for hydroxylation is 1. The molecule has 0 heterocycles. The van der Waals surface area contributed by atoms with Crippen LogP contribution in [0.2, 0.25) is 5.02 Å². The largest absolute Gasteiger partial charge is 0.335 e. The molecule has 0 saturated carbocycles. The summed E-state index contributed by atoms with van der Waals surface area (Å²) in [6, 6.07) is 14.9. The maximum atomic E-state index is 12.4. The maximum Gasteiger partial charge on any atom is 0.243 e. The van der Waals surface area contributed by atoms with E-state index < -0.39 is 0 Å². The number of hydrogen-bond acceptors (Lipinski definition) is 3. The molecule has 6 heteroatoms. The van der Waals surface area contributed by atoms with Gasteiger partial charge in [0.2, 0.25) is 11.8 Å². The molecular formula is C19H21ClN2O2S. The van der Waals surface area contributed by atoms with E-state index in [-0.39, 0.29) is 23.6 Å². The van der Waals surface area contributed by atoms with Gasteiger partial charge in [0.1, 0.15) is 0 Å². The van der Waals surface area contributed by atoms with E-state index in [4.69, 9.17) is 11.6 Å². The molecule has 2 amide bonds. The number of carbonyl (C=O) groups is 2. The van der Waals surface area contributed by atoms with Crippen LogP contribution in [0.4, 0.5) is 5.69 Å². The highest BCUT2D eigenvalue weighted by molar-refractivity contribution is 8.00. The second kappa shape index (κ2) is 8.92. The Labute approximate surface area is 157 Å². The smallest absolute Gasteiger partial charge is 0.243 e. The number of rotatable bonds is 6. The lowest BCUT2D eigenvalue weighted by Gasteiger charge is -2.20. The van der Waals surface area contributed by atoms with Gasteiger partial charge in [-0.1, -0.05) is 29.3 Å². The molecule has 2 aromatic rings. The summed E-state index contributed by atoms with van der Waals surface area (Å²) in [5, 5.41) is 3.16. The zero-order chi connectivity index (χ0) is 18.4. The Balaban J connectivity index is 1.86. The highest BCUT2D eigenvalue weighted by atomic mass is 35.5. The minimum Gasteiger partial charge on any atom is -0.335 e. The number of hydrogen-bond donors (Lipinski definition) is 1. The van der Waals surface area contributed by atoms with Gasteiger partial charge in [0, 0.05) is 22.7 Å². The van der Waals surface area contributed by atoms with E-state index in [1.165, 1.54) is 16.7 Å². The minimum atomic E-state index is -0.293. The predicted molar refractivity (Wildman–Crippen MR) is 104 cm³/mol. The van der Waals surface area contributed by atoms with Gasteiger partial charge in [0.15, 0.2) is 0 Å². The summed E-state index contributed by atoms with van der Waals surface area (Å²) in [5.74, 6) is -0.317. The third-order valence-electron chi connectivity index (χ3n) is 3.57. The number of benzene rings is 2. The number of halogens is 1. The van der Waals surface area contributed by atoms with E-state index in [9.17, 15) is 9.59 Å². The van der Waals surface area contributed by atoms with Crippen LogP contribution in [0.3, 0.4) is 0 Å². The summed E-state index contributed by atoms with van der Waals surface area (Å²) >= 11 is 7.30. The summed E-state index contributed by atoms with van der Waals surface area (Å²) in [4.78, 5) is 27.0. The lowest BCUT2D eigenvalue weighted by atomic mass is 10.2. The molecule has 0 aliphatic rings. The fourth-order valence-corrected chi connectivity index (χ4v) is 3.32. The van der Waals surface area contributed by atoms with Crippen LogP contribution in [0.1, 0.15) is 12.5 Å². The maximum absolute atomic E-state index is 12.4. The quantitative estimate of drug-likeness (QED) is 0.767. The molecule has 4 nitrogen and oxygen atoms in total. The van der Waals surface area contributed by atoms with Crippen LogP contribution < -0.4 is 5.32 Å². The first-order valence-corrected chi connectivity index (χ1v) is 9.14. The van der Waals surface area contributed by atoms with Gasteiger partial charge in [-0.25, -0.2) is 0 Å². The highest BCUT2D eigenvalue weighted by Gasteiger charge is 2.20. The minimum absolute atomic E-state index is 0.0121. The fourth-order valence-electron chi connectivity index (χ4n) is 2.21. The lowest BCUT2D eigenvalue weighted by molar-refractivity contribution is -0.132.